The molecule has 1 heterocycles. The van der Waals surface area contributed by atoms with Crippen LogP contribution < -0.4 is 14.8 Å². The van der Waals surface area contributed by atoms with E-state index in [1.165, 1.54) is 6.92 Å². The summed E-state index contributed by atoms with van der Waals surface area (Å²) in [5.41, 5.74) is 1.31. The van der Waals surface area contributed by atoms with Crippen LogP contribution in [0.2, 0.25) is 0 Å². The highest BCUT2D eigenvalue weighted by atomic mass is 16.5. The highest BCUT2D eigenvalue weighted by Crippen LogP contribution is 2.27. The Morgan fingerprint density at radius 3 is 2.36 bits per heavy atom. The number of rotatable bonds is 4. The lowest BCUT2D eigenvalue weighted by molar-refractivity contribution is -0.133. The lowest BCUT2D eigenvalue weighted by Crippen LogP contribution is -2.48. The molecule has 3 rings (SSSR count). The van der Waals surface area contributed by atoms with Gasteiger partial charge in [-0.05, 0) is 43.3 Å². The highest BCUT2D eigenvalue weighted by Gasteiger charge is 2.29. The zero-order valence-corrected chi connectivity index (χ0v) is 21.7. The van der Waals surface area contributed by atoms with Gasteiger partial charge in [0.2, 0.25) is 5.91 Å². The molecular formula is C27H35N3O6. The second-order valence-corrected chi connectivity index (χ2v) is 9.16. The van der Waals surface area contributed by atoms with Crippen molar-refractivity contribution in [2.24, 2.45) is 5.92 Å². The summed E-state index contributed by atoms with van der Waals surface area (Å²) >= 11 is 0. The van der Waals surface area contributed by atoms with Crippen molar-refractivity contribution >= 4 is 23.4 Å². The van der Waals surface area contributed by atoms with E-state index in [0.29, 0.717) is 41.4 Å². The molecule has 0 aromatic heterocycles. The van der Waals surface area contributed by atoms with Crippen LogP contribution in [-0.2, 0) is 9.53 Å². The van der Waals surface area contributed by atoms with Crippen LogP contribution in [0.4, 0.5) is 5.69 Å². The molecule has 0 unspecified atom stereocenters. The first-order chi connectivity index (χ1) is 17.1. The topological polar surface area (TPSA) is 97.4 Å². The normalized spacial score (nSPS) is 20.9. The van der Waals surface area contributed by atoms with Crippen molar-refractivity contribution in [3.63, 3.8) is 0 Å². The Morgan fingerprint density at radius 1 is 1.06 bits per heavy atom. The number of amides is 3. The van der Waals surface area contributed by atoms with Crippen molar-refractivity contribution in [1.82, 2.24) is 9.80 Å². The molecule has 194 valence electrons. The molecule has 36 heavy (non-hydrogen) atoms. The first kappa shape index (κ1) is 27.0. The predicted octanol–water partition coefficient (Wildman–Crippen LogP) is 3.30. The van der Waals surface area contributed by atoms with E-state index in [1.807, 2.05) is 13.8 Å². The monoisotopic (exact) mass is 497 g/mol. The van der Waals surface area contributed by atoms with Gasteiger partial charge in [-0.3, -0.25) is 14.4 Å². The number of nitrogens with zero attached hydrogens (tertiary/aromatic N) is 2. The fourth-order valence-corrected chi connectivity index (χ4v) is 4.23. The van der Waals surface area contributed by atoms with Gasteiger partial charge in [-0.2, -0.15) is 0 Å². The highest BCUT2D eigenvalue weighted by molar-refractivity contribution is 6.05. The molecule has 0 spiro atoms. The van der Waals surface area contributed by atoms with Crippen LogP contribution in [0.1, 0.15) is 41.5 Å². The molecule has 3 amide bonds. The maximum atomic E-state index is 13.3. The van der Waals surface area contributed by atoms with Crippen LogP contribution in [0.25, 0.3) is 0 Å². The van der Waals surface area contributed by atoms with E-state index >= 15 is 0 Å². The molecular weight excluding hydrogens is 462 g/mol. The van der Waals surface area contributed by atoms with E-state index in [9.17, 15) is 14.4 Å². The van der Waals surface area contributed by atoms with E-state index in [-0.39, 0.29) is 42.4 Å². The van der Waals surface area contributed by atoms with Crippen LogP contribution in [0.15, 0.2) is 42.5 Å². The summed E-state index contributed by atoms with van der Waals surface area (Å²) in [5.74, 6) is 0.408. The van der Waals surface area contributed by atoms with Gasteiger partial charge in [0.1, 0.15) is 18.1 Å². The molecule has 1 N–H and O–H groups in total. The number of methoxy groups -OCH3 is 2. The van der Waals surface area contributed by atoms with Crippen molar-refractivity contribution in [2.75, 3.05) is 46.3 Å². The number of hydrogen-bond acceptors (Lipinski definition) is 6. The van der Waals surface area contributed by atoms with E-state index in [0.717, 1.165) is 0 Å². The summed E-state index contributed by atoms with van der Waals surface area (Å²) in [5, 5.41) is 2.85. The Hall–Kier alpha value is -3.59. The van der Waals surface area contributed by atoms with E-state index in [2.05, 4.69) is 5.32 Å². The predicted molar refractivity (Wildman–Crippen MR) is 137 cm³/mol. The van der Waals surface area contributed by atoms with Crippen molar-refractivity contribution in [3.05, 3.63) is 53.6 Å². The van der Waals surface area contributed by atoms with Crippen molar-refractivity contribution < 1.29 is 28.6 Å². The Balaban J connectivity index is 1.91. The molecule has 1 aliphatic rings. The van der Waals surface area contributed by atoms with Gasteiger partial charge in [-0.1, -0.05) is 6.92 Å². The third-order valence-electron chi connectivity index (χ3n) is 6.46. The Morgan fingerprint density at radius 2 is 1.75 bits per heavy atom. The number of anilines is 1. The Bertz CT molecular complexity index is 1090. The number of hydrogen-bond donors (Lipinski definition) is 1. The van der Waals surface area contributed by atoms with Gasteiger partial charge in [0, 0.05) is 57.4 Å². The van der Waals surface area contributed by atoms with E-state index in [1.54, 1.807) is 73.5 Å². The molecule has 0 bridgehead atoms. The molecule has 3 atom stereocenters. The van der Waals surface area contributed by atoms with Crippen LogP contribution in [0.3, 0.4) is 0 Å². The molecule has 1 aliphatic heterocycles. The average Bonchev–Trinajstić information content (AvgIpc) is 2.87. The zero-order chi connectivity index (χ0) is 26.4. The quantitative estimate of drug-likeness (QED) is 0.696. The Kier molecular flexibility index (Phi) is 8.93. The second kappa shape index (κ2) is 11.9. The summed E-state index contributed by atoms with van der Waals surface area (Å²) in [4.78, 5) is 41.8. The molecule has 9 nitrogen and oxygen atoms in total. The maximum absolute atomic E-state index is 13.3. The third-order valence-corrected chi connectivity index (χ3v) is 6.46. The SMILES string of the molecule is COc1ccc(C(=O)Nc2ccc3c(c2)OC[C@@H](C)N(C(C)=O)C[C@H](C)[C@H](OC)CN(C)C3=O)cc1. The number of fused-ring (bicyclic) bond motifs is 1. The zero-order valence-electron chi connectivity index (χ0n) is 21.7. The van der Waals surface area contributed by atoms with E-state index < -0.39 is 0 Å². The lowest BCUT2D eigenvalue weighted by atomic mass is 10.0. The van der Waals surface area contributed by atoms with Crippen molar-refractivity contribution in [1.29, 1.82) is 0 Å². The smallest absolute Gasteiger partial charge is 0.257 e. The van der Waals surface area contributed by atoms with E-state index in [4.69, 9.17) is 14.2 Å². The van der Waals surface area contributed by atoms with Crippen LogP contribution >= 0.6 is 0 Å². The van der Waals surface area contributed by atoms with Gasteiger partial charge in [0.25, 0.3) is 11.8 Å². The second-order valence-electron chi connectivity index (χ2n) is 9.16. The minimum atomic E-state index is -0.303. The molecule has 0 aliphatic carbocycles. The molecule has 2 aromatic carbocycles. The lowest BCUT2D eigenvalue weighted by Gasteiger charge is -2.35. The standard InChI is InChI=1S/C27H35N3O6/c1-17-14-30(19(3)31)18(2)16-36-24-13-21(28-26(32)20-7-10-22(34-5)11-8-20)9-12-23(24)27(33)29(4)15-25(17)35-6/h7-13,17-18,25H,14-16H2,1-6H3,(H,28,32)/t17-,18+,25+/m0/s1. The summed E-state index contributed by atoms with van der Waals surface area (Å²) in [6.07, 6.45) is -0.250. The van der Waals surface area contributed by atoms with Crippen LogP contribution in [0, 0.1) is 5.92 Å². The number of ether oxygens (including phenoxy) is 3. The Labute approximate surface area is 212 Å². The van der Waals surface area contributed by atoms with Gasteiger partial charge in [-0.15, -0.1) is 0 Å². The van der Waals surface area contributed by atoms with Crippen molar-refractivity contribution in [2.45, 2.75) is 32.9 Å². The number of benzene rings is 2. The first-order valence-corrected chi connectivity index (χ1v) is 11.9. The molecule has 0 fully saturated rings. The van der Waals surface area contributed by atoms with Gasteiger partial charge >= 0.3 is 0 Å². The minimum absolute atomic E-state index is 0.00559. The molecule has 2 aromatic rings. The maximum Gasteiger partial charge on any atom is 0.257 e. The summed E-state index contributed by atoms with van der Waals surface area (Å²) in [6.45, 7) is 6.46. The molecule has 0 saturated heterocycles. The summed E-state index contributed by atoms with van der Waals surface area (Å²) in [7, 11) is 4.88. The number of likely N-dealkylation sites (N-methyl/N-ethyl adjacent to an activating group) is 1. The molecule has 0 radical (unpaired) electrons. The van der Waals surface area contributed by atoms with Gasteiger partial charge in [0.05, 0.1) is 24.8 Å². The van der Waals surface area contributed by atoms with Crippen molar-refractivity contribution in [3.8, 4) is 11.5 Å². The first-order valence-electron chi connectivity index (χ1n) is 11.9. The van der Waals surface area contributed by atoms with Gasteiger partial charge < -0.3 is 29.3 Å². The fourth-order valence-electron chi connectivity index (χ4n) is 4.23. The number of nitrogens with one attached hydrogen (secondary N) is 1. The van der Waals surface area contributed by atoms with Gasteiger partial charge in [-0.25, -0.2) is 0 Å². The fraction of sp³-hybridized carbons (Fsp3) is 0.444. The third kappa shape index (κ3) is 6.34. The van der Waals surface area contributed by atoms with Gasteiger partial charge in [0.15, 0.2) is 0 Å². The van der Waals surface area contributed by atoms with Crippen LogP contribution in [0.5, 0.6) is 11.5 Å². The largest absolute Gasteiger partial charge is 0.497 e. The van der Waals surface area contributed by atoms with Crippen LogP contribution in [-0.4, -0.2) is 80.6 Å². The minimum Gasteiger partial charge on any atom is -0.497 e. The summed E-state index contributed by atoms with van der Waals surface area (Å²) in [6, 6.07) is 11.5. The average molecular weight is 498 g/mol. The molecule has 9 heteroatoms. The number of carbonyl (C=O) groups is 3. The number of carbonyl (C=O) groups excluding carboxylic acids is 3. The molecule has 0 saturated carbocycles. The summed E-state index contributed by atoms with van der Waals surface area (Å²) < 4.78 is 16.9.